The molecule has 0 bridgehead atoms. The van der Waals surface area contributed by atoms with Gasteiger partial charge in [-0.15, -0.1) is 0 Å². The Morgan fingerprint density at radius 2 is 2.06 bits per heavy atom. The number of ether oxygens (including phenoxy) is 1. The van der Waals surface area contributed by atoms with Crippen LogP contribution < -0.4 is 0 Å². The number of rotatable bonds is 2. The number of fused-ring (bicyclic) bond motifs is 1. The van der Waals surface area contributed by atoms with Gasteiger partial charge in [-0.2, -0.15) is 5.26 Å². The normalized spacial score (nSPS) is 9.69. The minimum atomic E-state index is -0.533. The third kappa shape index (κ3) is 1.96. The van der Waals surface area contributed by atoms with Gasteiger partial charge in [-0.05, 0) is 18.2 Å². The molecule has 0 spiro atoms. The molecule has 2 aromatic rings. The van der Waals surface area contributed by atoms with Crippen LogP contribution in [0, 0.1) is 11.3 Å². The second kappa shape index (κ2) is 4.36. The molecule has 0 atom stereocenters. The quantitative estimate of drug-likeness (QED) is 0.703. The van der Waals surface area contributed by atoms with E-state index >= 15 is 0 Å². The number of benzene rings is 1. The molecule has 5 heteroatoms. The van der Waals surface area contributed by atoms with Crippen molar-refractivity contribution in [2.24, 2.45) is 0 Å². The first kappa shape index (κ1) is 10.1. The van der Waals surface area contributed by atoms with E-state index in [1.54, 1.807) is 36.7 Å². The molecular weight excluding hydrogens is 206 g/mol. The van der Waals surface area contributed by atoms with E-state index in [1.165, 1.54) is 0 Å². The molecule has 0 aliphatic carbocycles. The van der Waals surface area contributed by atoms with Gasteiger partial charge in [0.2, 0.25) is 0 Å². The summed E-state index contributed by atoms with van der Waals surface area (Å²) in [6.07, 6.45) is 3.13. The average molecular weight is 213 g/mol. The molecule has 0 aliphatic rings. The second-order valence-corrected chi connectivity index (χ2v) is 2.99. The van der Waals surface area contributed by atoms with Crippen molar-refractivity contribution in [2.45, 2.75) is 0 Å². The molecule has 1 heterocycles. The number of carbonyl (C=O) groups is 1. The Bertz CT molecular complexity index is 575. The molecule has 0 amide bonds. The molecule has 1 aromatic carbocycles. The molecule has 5 nitrogen and oxygen atoms in total. The standard InChI is InChI=1S/C11H7N3O2/c12-3-6-16-11(15)8-1-2-9-10(7-8)14-5-4-13-9/h1-2,4-5,7H,6H2. The van der Waals surface area contributed by atoms with Gasteiger partial charge in [0.25, 0.3) is 0 Å². The van der Waals surface area contributed by atoms with Crippen molar-refractivity contribution in [1.29, 1.82) is 5.26 Å². The second-order valence-electron chi connectivity index (χ2n) is 2.99. The van der Waals surface area contributed by atoms with Crippen LogP contribution in [0.15, 0.2) is 30.6 Å². The summed E-state index contributed by atoms with van der Waals surface area (Å²) in [5.74, 6) is -0.533. The van der Waals surface area contributed by atoms with Crippen LogP contribution in [0.4, 0.5) is 0 Å². The lowest BCUT2D eigenvalue weighted by Gasteiger charge is -2.01. The van der Waals surface area contributed by atoms with E-state index in [4.69, 9.17) is 5.26 Å². The van der Waals surface area contributed by atoms with Gasteiger partial charge in [0.15, 0.2) is 6.61 Å². The number of aromatic nitrogens is 2. The fraction of sp³-hybridized carbons (Fsp3) is 0.0909. The summed E-state index contributed by atoms with van der Waals surface area (Å²) in [7, 11) is 0. The molecule has 0 saturated heterocycles. The van der Waals surface area contributed by atoms with Crippen LogP contribution in [0.25, 0.3) is 11.0 Å². The van der Waals surface area contributed by atoms with Crippen molar-refractivity contribution < 1.29 is 9.53 Å². The first-order valence-electron chi connectivity index (χ1n) is 4.56. The average Bonchev–Trinajstić information content (AvgIpc) is 2.35. The van der Waals surface area contributed by atoms with Crippen molar-refractivity contribution in [1.82, 2.24) is 9.97 Å². The third-order valence-electron chi connectivity index (χ3n) is 1.97. The van der Waals surface area contributed by atoms with E-state index in [0.29, 0.717) is 16.6 Å². The predicted octanol–water partition coefficient (Wildman–Crippen LogP) is 1.31. The zero-order chi connectivity index (χ0) is 11.4. The van der Waals surface area contributed by atoms with Crippen molar-refractivity contribution in [3.8, 4) is 6.07 Å². The number of nitrogens with zero attached hydrogens (tertiary/aromatic N) is 3. The summed E-state index contributed by atoms with van der Waals surface area (Å²) in [5.41, 5.74) is 1.69. The van der Waals surface area contributed by atoms with Gasteiger partial charge in [-0.25, -0.2) is 4.79 Å². The van der Waals surface area contributed by atoms with Crippen LogP contribution in [0.3, 0.4) is 0 Å². The lowest BCUT2D eigenvalue weighted by molar-refractivity contribution is 0.0555. The van der Waals surface area contributed by atoms with Gasteiger partial charge in [0, 0.05) is 12.4 Å². The Morgan fingerprint density at radius 1 is 1.31 bits per heavy atom. The number of esters is 1. The van der Waals surface area contributed by atoms with Crippen molar-refractivity contribution in [2.75, 3.05) is 6.61 Å². The number of carbonyl (C=O) groups excluding carboxylic acids is 1. The SMILES string of the molecule is N#CCOC(=O)c1ccc2nccnc2c1. The largest absolute Gasteiger partial charge is 0.447 e. The van der Waals surface area contributed by atoms with Crippen molar-refractivity contribution >= 4 is 17.0 Å². The van der Waals surface area contributed by atoms with Gasteiger partial charge >= 0.3 is 5.97 Å². The summed E-state index contributed by atoms with van der Waals surface area (Å²) in [6, 6.07) is 6.60. The highest BCUT2D eigenvalue weighted by Crippen LogP contribution is 2.11. The van der Waals surface area contributed by atoms with E-state index in [-0.39, 0.29) is 6.61 Å². The van der Waals surface area contributed by atoms with Gasteiger partial charge in [0.1, 0.15) is 6.07 Å². The third-order valence-corrected chi connectivity index (χ3v) is 1.97. The molecule has 0 fully saturated rings. The lowest BCUT2D eigenvalue weighted by Crippen LogP contribution is -2.05. The van der Waals surface area contributed by atoms with Crippen LogP contribution in [-0.2, 0) is 4.74 Å². The Balaban J connectivity index is 2.33. The molecule has 0 radical (unpaired) electrons. The van der Waals surface area contributed by atoms with Crippen molar-refractivity contribution in [3.63, 3.8) is 0 Å². The summed E-state index contributed by atoms with van der Waals surface area (Å²) in [5, 5.41) is 8.28. The van der Waals surface area contributed by atoms with E-state index in [2.05, 4.69) is 14.7 Å². The van der Waals surface area contributed by atoms with Crippen LogP contribution in [-0.4, -0.2) is 22.5 Å². The predicted molar refractivity (Wildman–Crippen MR) is 55.4 cm³/mol. The summed E-state index contributed by atoms with van der Waals surface area (Å²) >= 11 is 0. The molecule has 0 unspecified atom stereocenters. The molecule has 2 rings (SSSR count). The van der Waals surface area contributed by atoms with Gasteiger partial charge in [-0.3, -0.25) is 9.97 Å². The zero-order valence-electron chi connectivity index (χ0n) is 8.25. The molecule has 16 heavy (non-hydrogen) atoms. The molecule has 78 valence electrons. The molecule has 0 N–H and O–H groups in total. The maximum atomic E-state index is 11.4. The summed E-state index contributed by atoms with van der Waals surface area (Å²) < 4.78 is 4.68. The highest BCUT2D eigenvalue weighted by Gasteiger charge is 2.07. The smallest absolute Gasteiger partial charge is 0.339 e. The number of hydrogen-bond acceptors (Lipinski definition) is 5. The maximum absolute atomic E-state index is 11.4. The maximum Gasteiger partial charge on any atom is 0.339 e. The Kier molecular flexibility index (Phi) is 2.74. The van der Waals surface area contributed by atoms with E-state index in [0.717, 1.165) is 0 Å². The van der Waals surface area contributed by atoms with E-state index in [9.17, 15) is 4.79 Å². The fourth-order valence-electron chi connectivity index (χ4n) is 1.27. The van der Waals surface area contributed by atoms with Gasteiger partial charge < -0.3 is 4.74 Å². The molecule has 0 saturated carbocycles. The molecular formula is C11H7N3O2. The monoisotopic (exact) mass is 213 g/mol. The first-order valence-corrected chi connectivity index (χ1v) is 4.56. The van der Waals surface area contributed by atoms with E-state index < -0.39 is 5.97 Å². The van der Waals surface area contributed by atoms with Crippen LogP contribution in [0.2, 0.25) is 0 Å². The summed E-state index contributed by atoms with van der Waals surface area (Å²) in [4.78, 5) is 19.6. The van der Waals surface area contributed by atoms with E-state index in [1.807, 2.05) is 0 Å². The highest BCUT2D eigenvalue weighted by molar-refractivity contribution is 5.93. The minimum absolute atomic E-state index is 0.253. The van der Waals surface area contributed by atoms with Crippen molar-refractivity contribution in [3.05, 3.63) is 36.2 Å². The Morgan fingerprint density at radius 3 is 2.81 bits per heavy atom. The Labute approximate surface area is 91.3 Å². The molecule has 1 aromatic heterocycles. The zero-order valence-corrected chi connectivity index (χ0v) is 8.25. The number of hydrogen-bond donors (Lipinski definition) is 0. The summed E-state index contributed by atoms with van der Waals surface area (Å²) in [6.45, 7) is -0.253. The van der Waals surface area contributed by atoms with Crippen LogP contribution >= 0.6 is 0 Å². The van der Waals surface area contributed by atoms with Gasteiger partial charge in [0.05, 0.1) is 16.6 Å². The van der Waals surface area contributed by atoms with Crippen LogP contribution in [0.5, 0.6) is 0 Å². The fourth-order valence-corrected chi connectivity index (χ4v) is 1.27. The van der Waals surface area contributed by atoms with Crippen LogP contribution in [0.1, 0.15) is 10.4 Å². The highest BCUT2D eigenvalue weighted by atomic mass is 16.5. The first-order chi connectivity index (χ1) is 7.81. The lowest BCUT2D eigenvalue weighted by atomic mass is 10.2. The number of nitriles is 1. The Hall–Kier alpha value is -2.48. The topological polar surface area (TPSA) is 75.9 Å². The van der Waals surface area contributed by atoms with Gasteiger partial charge in [-0.1, -0.05) is 0 Å². The molecule has 0 aliphatic heterocycles. The minimum Gasteiger partial charge on any atom is -0.447 e.